The molecule has 2 aliphatic carbocycles. The summed E-state index contributed by atoms with van der Waals surface area (Å²) in [6.07, 6.45) is 10.6. The van der Waals surface area contributed by atoms with Crippen molar-refractivity contribution in [1.82, 2.24) is 5.32 Å². The average Bonchev–Trinajstić information content (AvgIpc) is 2.90. The van der Waals surface area contributed by atoms with Gasteiger partial charge in [0.25, 0.3) is 0 Å². The minimum atomic E-state index is -0.601. The number of nitrogens with one attached hydrogen (secondary N) is 1. The van der Waals surface area contributed by atoms with E-state index in [0.717, 1.165) is 31.6 Å². The van der Waals surface area contributed by atoms with Gasteiger partial charge in [-0.05, 0) is 50.9 Å². The van der Waals surface area contributed by atoms with Crippen LogP contribution in [0.5, 0.6) is 0 Å². The Morgan fingerprint density at radius 3 is 2.28 bits per heavy atom. The number of hydrogen-bond donors (Lipinski definition) is 2. The first kappa shape index (κ1) is 13.9. The van der Waals surface area contributed by atoms with Crippen LogP contribution in [0.4, 0.5) is 0 Å². The minimum absolute atomic E-state index is 0.0883. The number of hydrogen-bond acceptors (Lipinski definition) is 2. The summed E-state index contributed by atoms with van der Waals surface area (Å²) in [4.78, 5) is 10.9. The molecule has 0 saturated heterocycles. The van der Waals surface area contributed by atoms with Crippen molar-refractivity contribution >= 4 is 5.97 Å². The highest BCUT2D eigenvalue weighted by atomic mass is 16.4. The third-order valence-corrected chi connectivity index (χ3v) is 4.93. The molecule has 3 heteroatoms. The van der Waals surface area contributed by atoms with Gasteiger partial charge >= 0.3 is 5.97 Å². The number of carbonyl (C=O) groups is 1. The molecule has 2 N–H and O–H groups in total. The third kappa shape index (κ3) is 3.47. The second-order valence-corrected chi connectivity index (χ2v) is 6.11. The zero-order valence-electron chi connectivity index (χ0n) is 11.5. The largest absolute Gasteiger partial charge is 0.481 e. The monoisotopic (exact) mass is 253 g/mol. The molecule has 2 rings (SSSR count). The summed E-state index contributed by atoms with van der Waals surface area (Å²) in [6.45, 7) is 2.28. The Morgan fingerprint density at radius 2 is 1.78 bits per heavy atom. The summed E-state index contributed by atoms with van der Waals surface area (Å²) in [5.41, 5.74) is 0. The van der Waals surface area contributed by atoms with Gasteiger partial charge in [-0.25, -0.2) is 0 Å². The van der Waals surface area contributed by atoms with Gasteiger partial charge in [0.2, 0.25) is 0 Å². The van der Waals surface area contributed by atoms with Crippen molar-refractivity contribution < 1.29 is 9.90 Å². The van der Waals surface area contributed by atoms with Gasteiger partial charge in [0.15, 0.2) is 0 Å². The lowest BCUT2D eigenvalue weighted by molar-refractivity contribution is -0.142. The van der Waals surface area contributed by atoms with Crippen LogP contribution in [0.25, 0.3) is 0 Å². The minimum Gasteiger partial charge on any atom is -0.481 e. The van der Waals surface area contributed by atoms with Gasteiger partial charge in [-0.1, -0.05) is 19.8 Å². The smallest absolute Gasteiger partial charge is 0.306 e. The van der Waals surface area contributed by atoms with Gasteiger partial charge in [0.05, 0.1) is 5.92 Å². The Hall–Kier alpha value is -0.570. The fraction of sp³-hybridized carbons (Fsp3) is 0.933. The Labute approximate surface area is 110 Å². The van der Waals surface area contributed by atoms with E-state index < -0.39 is 5.97 Å². The lowest BCUT2D eigenvalue weighted by atomic mass is 9.85. The molecule has 0 spiro atoms. The van der Waals surface area contributed by atoms with Crippen LogP contribution in [0.3, 0.4) is 0 Å². The second-order valence-electron chi connectivity index (χ2n) is 6.11. The van der Waals surface area contributed by atoms with Crippen LogP contribution in [0.2, 0.25) is 0 Å². The van der Waals surface area contributed by atoms with Crippen molar-refractivity contribution in [3.05, 3.63) is 0 Å². The highest BCUT2D eigenvalue weighted by molar-refractivity contribution is 5.70. The molecule has 0 bridgehead atoms. The van der Waals surface area contributed by atoms with Gasteiger partial charge in [-0.15, -0.1) is 0 Å². The number of rotatable bonds is 5. The van der Waals surface area contributed by atoms with Crippen LogP contribution in [-0.2, 0) is 4.79 Å². The average molecular weight is 253 g/mol. The Bertz CT molecular complexity index is 266. The van der Waals surface area contributed by atoms with Crippen molar-refractivity contribution in [3.8, 4) is 0 Å². The molecule has 1 atom stereocenters. The normalized spacial score (nSPS) is 31.4. The molecule has 0 heterocycles. The van der Waals surface area contributed by atoms with E-state index in [4.69, 9.17) is 5.11 Å². The highest BCUT2D eigenvalue weighted by Gasteiger charge is 2.29. The van der Waals surface area contributed by atoms with E-state index in [0.29, 0.717) is 12.1 Å². The first-order chi connectivity index (χ1) is 8.70. The number of carboxylic acid groups (broad SMARTS) is 1. The molecule has 0 aliphatic heterocycles. The van der Waals surface area contributed by atoms with E-state index in [1.807, 2.05) is 0 Å². The van der Waals surface area contributed by atoms with E-state index >= 15 is 0 Å². The SMILES string of the molecule is CCC(NC1CCC(C(=O)O)CC1)C1CCCC1. The summed E-state index contributed by atoms with van der Waals surface area (Å²) < 4.78 is 0. The molecule has 0 aromatic rings. The van der Waals surface area contributed by atoms with Crippen LogP contribution in [0.1, 0.15) is 64.7 Å². The molecule has 18 heavy (non-hydrogen) atoms. The van der Waals surface area contributed by atoms with Crippen molar-refractivity contribution in [2.24, 2.45) is 11.8 Å². The molecule has 3 nitrogen and oxygen atoms in total. The molecule has 104 valence electrons. The van der Waals surface area contributed by atoms with Gasteiger partial charge < -0.3 is 10.4 Å². The van der Waals surface area contributed by atoms with Crippen LogP contribution in [0, 0.1) is 11.8 Å². The quantitative estimate of drug-likeness (QED) is 0.791. The topological polar surface area (TPSA) is 49.3 Å². The first-order valence-electron chi connectivity index (χ1n) is 7.69. The lowest BCUT2D eigenvalue weighted by Gasteiger charge is -2.33. The summed E-state index contributed by atoms with van der Waals surface area (Å²) in [5, 5.41) is 12.8. The van der Waals surface area contributed by atoms with Gasteiger partial charge in [-0.2, -0.15) is 0 Å². The van der Waals surface area contributed by atoms with Crippen molar-refractivity contribution in [2.45, 2.75) is 76.8 Å². The highest BCUT2D eigenvalue weighted by Crippen LogP contribution is 2.31. The van der Waals surface area contributed by atoms with Gasteiger partial charge in [0, 0.05) is 12.1 Å². The first-order valence-corrected chi connectivity index (χ1v) is 7.69. The molecular formula is C15H27NO2. The van der Waals surface area contributed by atoms with E-state index in [1.165, 1.54) is 32.1 Å². The zero-order valence-corrected chi connectivity index (χ0v) is 11.5. The fourth-order valence-electron chi connectivity index (χ4n) is 3.76. The maximum atomic E-state index is 10.9. The van der Waals surface area contributed by atoms with E-state index in [-0.39, 0.29) is 5.92 Å². The maximum absolute atomic E-state index is 10.9. The van der Waals surface area contributed by atoms with Crippen LogP contribution in [0.15, 0.2) is 0 Å². The summed E-state index contributed by atoms with van der Waals surface area (Å²) in [7, 11) is 0. The second kappa shape index (κ2) is 6.55. The van der Waals surface area contributed by atoms with Crippen LogP contribution >= 0.6 is 0 Å². The predicted octanol–water partition coefficient (Wildman–Crippen LogP) is 3.19. The molecule has 0 aromatic heterocycles. The van der Waals surface area contributed by atoms with E-state index in [9.17, 15) is 4.79 Å². The molecule has 1 unspecified atom stereocenters. The summed E-state index contributed by atoms with van der Waals surface area (Å²) in [6, 6.07) is 1.23. The van der Waals surface area contributed by atoms with Crippen molar-refractivity contribution in [3.63, 3.8) is 0 Å². The van der Waals surface area contributed by atoms with Gasteiger partial charge in [0.1, 0.15) is 0 Å². The predicted molar refractivity (Wildman–Crippen MR) is 72.6 cm³/mol. The lowest BCUT2D eigenvalue weighted by Crippen LogP contribution is -2.44. The Kier molecular flexibility index (Phi) is 5.04. The molecule has 0 amide bonds. The van der Waals surface area contributed by atoms with E-state index in [1.54, 1.807) is 0 Å². The van der Waals surface area contributed by atoms with Crippen LogP contribution in [-0.4, -0.2) is 23.2 Å². The number of aliphatic carboxylic acids is 1. The molecular weight excluding hydrogens is 226 g/mol. The van der Waals surface area contributed by atoms with E-state index in [2.05, 4.69) is 12.2 Å². The molecule has 2 saturated carbocycles. The van der Waals surface area contributed by atoms with Crippen molar-refractivity contribution in [2.75, 3.05) is 0 Å². The standard InChI is InChI=1S/C15H27NO2/c1-2-14(11-5-3-4-6-11)16-13-9-7-12(8-10-13)15(17)18/h11-14,16H,2-10H2,1H3,(H,17,18). The third-order valence-electron chi connectivity index (χ3n) is 4.93. The Balaban J connectivity index is 1.77. The number of carboxylic acids is 1. The molecule has 0 aromatic carbocycles. The van der Waals surface area contributed by atoms with Crippen LogP contribution < -0.4 is 5.32 Å². The molecule has 2 fully saturated rings. The molecule has 2 aliphatic rings. The summed E-state index contributed by atoms with van der Waals surface area (Å²) >= 11 is 0. The van der Waals surface area contributed by atoms with Crippen molar-refractivity contribution in [1.29, 1.82) is 0 Å². The zero-order chi connectivity index (χ0) is 13.0. The van der Waals surface area contributed by atoms with Gasteiger partial charge in [-0.3, -0.25) is 4.79 Å². The molecule has 0 radical (unpaired) electrons. The summed E-state index contributed by atoms with van der Waals surface area (Å²) in [5.74, 6) is 0.179. The Morgan fingerprint density at radius 1 is 1.17 bits per heavy atom. The fourth-order valence-corrected chi connectivity index (χ4v) is 3.76. The maximum Gasteiger partial charge on any atom is 0.306 e.